The van der Waals surface area contributed by atoms with Gasteiger partial charge >= 0.3 is 0 Å². The lowest BCUT2D eigenvalue weighted by atomic mass is 10.2. The predicted octanol–water partition coefficient (Wildman–Crippen LogP) is 3.80. The van der Waals surface area contributed by atoms with Crippen LogP contribution in [0.3, 0.4) is 0 Å². The number of nitrogens with one attached hydrogen (secondary N) is 1. The maximum absolute atomic E-state index is 12.0. The molecular weight excluding hydrogens is 332 g/mol. The Bertz CT molecular complexity index is 635. The van der Waals surface area contributed by atoms with Crippen molar-refractivity contribution < 1.29 is 9.53 Å². The number of carbonyl (C=O) groups excluding carboxylic acids is 1. The molecule has 0 saturated heterocycles. The molecule has 0 radical (unpaired) electrons. The molecule has 1 aromatic heterocycles. The lowest BCUT2D eigenvalue weighted by molar-refractivity contribution is 0.0948. The molecule has 0 aliphatic rings. The molecule has 0 spiro atoms. The standard InChI is InChI=1S/C17H19ClN2O2S/c1-22-15-7-9-19-16(11-15)17(21)20-8-2-10-23-12-13-3-5-14(18)6-4-13/h3-7,9,11H,2,8,10,12H2,1H3,(H,20,21). The quantitative estimate of drug-likeness (QED) is 0.736. The van der Waals surface area contributed by atoms with Crippen LogP contribution in [0.15, 0.2) is 42.6 Å². The number of ether oxygens (including phenoxy) is 1. The van der Waals surface area contributed by atoms with E-state index in [1.807, 2.05) is 36.0 Å². The van der Waals surface area contributed by atoms with Crippen LogP contribution in [0.4, 0.5) is 0 Å². The monoisotopic (exact) mass is 350 g/mol. The van der Waals surface area contributed by atoms with Crippen LogP contribution in [0.5, 0.6) is 5.75 Å². The first-order valence-electron chi connectivity index (χ1n) is 7.29. The van der Waals surface area contributed by atoms with Crippen LogP contribution >= 0.6 is 23.4 Å². The molecule has 1 amide bonds. The van der Waals surface area contributed by atoms with E-state index in [-0.39, 0.29) is 5.91 Å². The van der Waals surface area contributed by atoms with Crippen LogP contribution < -0.4 is 10.1 Å². The second-order valence-electron chi connectivity index (χ2n) is 4.87. The van der Waals surface area contributed by atoms with Gasteiger partial charge in [0.1, 0.15) is 11.4 Å². The molecule has 0 aliphatic heterocycles. The number of benzene rings is 1. The molecule has 2 rings (SSSR count). The molecule has 0 aliphatic carbocycles. The smallest absolute Gasteiger partial charge is 0.270 e. The summed E-state index contributed by atoms with van der Waals surface area (Å²) in [6, 6.07) is 11.2. The number of hydrogen-bond donors (Lipinski definition) is 1. The van der Waals surface area contributed by atoms with Gasteiger partial charge in [-0.05, 0) is 35.9 Å². The molecule has 1 heterocycles. The molecular formula is C17H19ClN2O2S. The fraction of sp³-hybridized carbons (Fsp3) is 0.294. The van der Waals surface area contributed by atoms with Gasteiger partial charge in [-0.15, -0.1) is 0 Å². The summed E-state index contributed by atoms with van der Waals surface area (Å²) in [6.07, 6.45) is 2.48. The summed E-state index contributed by atoms with van der Waals surface area (Å²) in [7, 11) is 1.56. The van der Waals surface area contributed by atoms with E-state index in [2.05, 4.69) is 10.3 Å². The molecule has 0 fully saturated rings. The highest BCUT2D eigenvalue weighted by molar-refractivity contribution is 7.98. The first-order chi connectivity index (χ1) is 11.2. The Kier molecular flexibility index (Phi) is 7.23. The van der Waals surface area contributed by atoms with E-state index in [9.17, 15) is 4.79 Å². The average molecular weight is 351 g/mol. The minimum Gasteiger partial charge on any atom is -0.497 e. The maximum Gasteiger partial charge on any atom is 0.270 e. The zero-order chi connectivity index (χ0) is 16.5. The van der Waals surface area contributed by atoms with Gasteiger partial charge in [0.15, 0.2) is 0 Å². The number of rotatable bonds is 8. The average Bonchev–Trinajstić information content (AvgIpc) is 2.59. The summed E-state index contributed by atoms with van der Waals surface area (Å²) in [5.74, 6) is 2.38. The molecule has 2 aromatic rings. The van der Waals surface area contributed by atoms with Gasteiger partial charge in [0, 0.05) is 29.6 Å². The van der Waals surface area contributed by atoms with Crippen molar-refractivity contribution in [1.29, 1.82) is 0 Å². The van der Waals surface area contributed by atoms with Gasteiger partial charge in [0.2, 0.25) is 0 Å². The fourth-order valence-corrected chi connectivity index (χ4v) is 2.95. The van der Waals surface area contributed by atoms with Gasteiger partial charge in [0.05, 0.1) is 7.11 Å². The fourth-order valence-electron chi connectivity index (χ4n) is 1.90. The predicted molar refractivity (Wildman–Crippen MR) is 95.4 cm³/mol. The van der Waals surface area contributed by atoms with Crippen LogP contribution in [0.1, 0.15) is 22.5 Å². The van der Waals surface area contributed by atoms with E-state index in [1.165, 1.54) is 5.56 Å². The van der Waals surface area contributed by atoms with Crippen LogP contribution in [-0.2, 0) is 5.75 Å². The molecule has 0 atom stereocenters. The highest BCUT2D eigenvalue weighted by atomic mass is 35.5. The number of halogens is 1. The van der Waals surface area contributed by atoms with Gasteiger partial charge in [-0.2, -0.15) is 11.8 Å². The Labute approximate surface area is 145 Å². The van der Waals surface area contributed by atoms with E-state index in [1.54, 1.807) is 25.4 Å². The summed E-state index contributed by atoms with van der Waals surface area (Å²) in [5.41, 5.74) is 1.63. The Morgan fingerprint density at radius 3 is 2.83 bits per heavy atom. The van der Waals surface area contributed by atoms with Gasteiger partial charge in [0.25, 0.3) is 5.91 Å². The Morgan fingerprint density at radius 2 is 2.09 bits per heavy atom. The third kappa shape index (κ3) is 6.12. The number of hydrogen-bond acceptors (Lipinski definition) is 4. The molecule has 122 valence electrons. The zero-order valence-corrected chi connectivity index (χ0v) is 14.5. The first kappa shape index (κ1) is 17.6. The third-order valence-electron chi connectivity index (χ3n) is 3.13. The van der Waals surface area contributed by atoms with Crippen molar-refractivity contribution in [3.8, 4) is 5.75 Å². The summed E-state index contributed by atoms with van der Waals surface area (Å²) in [4.78, 5) is 16.0. The Balaban J connectivity index is 1.63. The van der Waals surface area contributed by atoms with E-state index in [0.717, 1.165) is 22.9 Å². The number of nitrogens with zero attached hydrogens (tertiary/aromatic N) is 1. The summed E-state index contributed by atoms with van der Waals surface area (Å²) < 4.78 is 5.08. The Hall–Kier alpha value is -1.72. The lowest BCUT2D eigenvalue weighted by Gasteiger charge is -2.06. The van der Waals surface area contributed by atoms with Crippen molar-refractivity contribution in [3.63, 3.8) is 0 Å². The summed E-state index contributed by atoms with van der Waals surface area (Å²) >= 11 is 7.69. The van der Waals surface area contributed by atoms with Crippen LogP contribution in [0.2, 0.25) is 5.02 Å². The normalized spacial score (nSPS) is 10.3. The first-order valence-corrected chi connectivity index (χ1v) is 8.83. The number of methoxy groups -OCH3 is 1. The van der Waals surface area contributed by atoms with Gasteiger partial charge < -0.3 is 10.1 Å². The number of amides is 1. The minimum absolute atomic E-state index is 0.174. The number of carbonyl (C=O) groups is 1. The van der Waals surface area contributed by atoms with E-state index in [0.29, 0.717) is 18.0 Å². The molecule has 1 aromatic carbocycles. The minimum atomic E-state index is -0.174. The topological polar surface area (TPSA) is 51.2 Å². The largest absolute Gasteiger partial charge is 0.497 e. The van der Waals surface area contributed by atoms with Crippen molar-refractivity contribution in [2.75, 3.05) is 19.4 Å². The van der Waals surface area contributed by atoms with Crippen molar-refractivity contribution in [2.45, 2.75) is 12.2 Å². The highest BCUT2D eigenvalue weighted by Crippen LogP contribution is 2.16. The van der Waals surface area contributed by atoms with Crippen LogP contribution in [0.25, 0.3) is 0 Å². The summed E-state index contributed by atoms with van der Waals surface area (Å²) in [5, 5.41) is 3.63. The molecule has 4 nitrogen and oxygen atoms in total. The number of aromatic nitrogens is 1. The number of pyridine rings is 1. The Morgan fingerprint density at radius 1 is 1.30 bits per heavy atom. The second kappa shape index (κ2) is 9.43. The van der Waals surface area contributed by atoms with Gasteiger partial charge in [-0.25, -0.2) is 0 Å². The van der Waals surface area contributed by atoms with Crippen molar-refractivity contribution in [2.24, 2.45) is 0 Å². The molecule has 0 unspecified atom stereocenters. The van der Waals surface area contributed by atoms with E-state index >= 15 is 0 Å². The van der Waals surface area contributed by atoms with E-state index < -0.39 is 0 Å². The van der Waals surface area contributed by atoms with Gasteiger partial charge in [-0.1, -0.05) is 23.7 Å². The highest BCUT2D eigenvalue weighted by Gasteiger charge is 2.07. The van der Waals surface area contributed by atoms with Crippen molar-refractivity contribution in [1.82, 2.24) is 10.3 Å². The van der Waals surface area contributed by atoms with Crippen LogP contribution in [0, 0.1) is 0 Å². The van der Waals surface area contributed by atoms with Crippen LogP contribution in [-0.4, -0.2) is 30.3 Å². The SMILES string of the molecule is COc1ccnc(C(=O)NCCCSCc2ccc(Cl)cc2)c1. The lowest BCUT2D eigenvalue weighted by Crippen LogP contribution is -2.25. The van der Waals surface area contributed by atoms with Gasteiger partial charge in [-0.3, -0.25) is 9.78 Å². The van der Waals surface area contributed by atoms with Crippen molar-refractivity contribution in [3.05, 3.63) is 58.9 Å². The molecule has 0 saturated carbocycles. The summed E-state index contributed by atoms with van der Waals surface area (Å²) in [6.45, 7) is 0.630. The maximum atomic E-state index is 12.0. The zero-order valence-electron chi connectivity index (χ0n) is 12.9. The van der Waals surface area contributed by atoms with Crippen molar-refractivity contribution >= 4 is 29.3 Å². The number of thioether (sulfide) groups is 1. The molecule has 23 heavy (non-hydrogen) atoms. The third-order valence-corrected chi connectivity index (χ3v) is 4.50. The molecule has 1 N–H and O–H groups in total. The second-order valence-corrected chi connectivity index (χ2v) is 6.41. The molecule has 6 heteroatoms. The molecule has 0 bridgehead atoms. The van der Waals surface area contributed by atoms with E-state index in [4.69, 9.17) is 16.3 Å².